The first kappa shape index (κ1) is 16.9. The molecular formula is C19H24N2O2. The highest BCUT2D eigenvalue weighted by Crippen LogP contribution is 2.18. The van der Waals surface area contributed by atoms with Crippen LogP contribution in [0.4, 0.5) is 11.4 Å². The lowest BCUT2D eigenvalue weighted by Crippen LogP contribution is -2.21. The molecule has 0 aromatic heterocycles. The number of amides is 1. The lowest BCUT2D eigenvalue weighted by Gasteiger charge is -2.11. The highest BCUT2D eigenvalue weighted by Gasteiger charge is 2.04. The van der Waals surface area contributed by atoms with E-state index in [4.69, 9.17) is 4.74 Å². The Balaban J connectivity index is 1.86. The van der Waals surface area contributed by atoms with E-state index in [1.165, 1.54) is 0 Å². The summed E-state index contributed by atoms with van der Waals surface area (Å²) < 4.78 is 5.67. The van der Waals surface area contributed by atoms with Crippen molar-refractivity contribution in [3.63, 3.8) is 0 Å². The predicted octanol–water partition coefficient (Wildman–Crippen LogP) is 4.08. The number of anilines is 2. The zero-order valence-corrected chi connectivity index (χ0v) is 13.9. The van der Waals surface area contributed by atoms with Gasteiger partial charge in [0.1, 0.15) is 5.75 Å². The van der Waals surface area contributed by atoms with Gasteiger partial charge < -0.3 is 15.4 Å². The lowest BCUT2D eigenvalue weighted by atomic mass is 10.2. The van der Waals surface area contributed by atoms with E-state index in [1.54, 1.807) is 0 Å². The first-order valence-electron chi connectivity index (χ1n) is 7.86. The molecule has 0 saturated carbocycles. The monoisotopic (exact) mass is 312 g/mol. The topological polar surface area (TPSA) is 50.4 Å². The summed E-state index contributed by atoms with van der Waals surface area (Å²) in [7, 11) is 0. The normalized spacial score (nSPS) is 10.4. The third kappa shape index (κ3) is 6.02. The molecule has 122 valence electrons. The third-order valence-electron chi connectivity index (χ3n) is 3.17. The van der Waals surface area contributed by atoms with E-state index >= 15 is 0 Å². The Hall–Kier alpha value is -2.49. The van der Waals surface area contributed by atoms with E-state index in [9.17, 15) is 4.79 Å². The molecule has 0 atom stereocenters. The van der Waals surface area contributed by atoms with Crippen LogP contribution in [0, 0.1) is 12.8 Å². The molecule has 2 rings (SSSR count). The maximum absolute atomic E-state index is 12.0. The average Bonchev–Trinajstić information content (AvgIpc) is 2.51. The zero-order chi connectivity index (χ0) is 16.7. The van der Waals surface area contributed by atoms with Crippen molar-refractivity contribution in [2.75, 3.05) is 23.8 Å². The van der Waals surface area contributed by atoms with Crippen molar-refractivity contribution in [1.82, 2.24) is 0 Å². The summed E-state index contributed by atoms with van der Waals surface area (Å²) in [5.41, 5.74) is 2.84. The van der Waals surface area contributed by atoms with Crippen molar-refractivity contribution in [1.29, 1.82) is 0 Å². The summed E-state index contributed by atoms with van der Waals surface area (Å²) in [4.78, 5) is 12.0. The molecule has 2 N–H and O–H groups in total. The minimum absolute atomic E-state index is 0.0903. The SMILES string of the molecule is Cc1cccc(NCC(=O)Nc2cccc(OCC(C)C)c2)c1. The van der Waals surface area contributed by atoms with Gasteiger partial charge in [0, 0.05) is 17.4 Å². The summed E-state index contributed by atoms with van der Waals surface area (Å²) in [6.45, 7) is 7.10. The van der Waals surface area contributed by atoms with Crippen molar-refractivity contribution >= 4 is 17.3 Å². The molecule has 2 aromatic carbocycles. The van der Waals surface area contributed by atoms with Crippen LogP contribution in [-0.2, 0) is 4.79 Å². The second-order valence-electron chi connectivity index (χ2n) is 6.00. The summed E-state index contributed by atoms with van der Waals surface area (Å²) in [5.74, 6) is 1.14. The van der Waals surface area contributed by atoms with E-state index in [0.29, 0.717) is 12.5 Å². The molecule has 4 nitrogen and oxygen atoms in total. The van der Waals surface area contributed by atoms with Gasteiger partial charge in [-0.05, 0) is 42.7 Å². The van der Waals surface area contributed by atoms with Crippen molar-refractivity contribution in [2.24, 2.45) is 5.92 Å². The Labute approximate surface area is 137 Å². The second-order valence-corrected chi connectivity index (χ2v) is 6.00. The summed E-state index contributed by atoms with van der Waals surface area (Å²) >= 11 is 0. The highest BCUT2D eigenvalue weighted by atomic mass is 16.5. The van der Waals surface area contributed by atoms with Crippen molar-refractivity contribution in [2.45, 2.75) is 20.8 Å². The number of rotatable bonds is 7. The fourth-order valence-electron chi connectivity index (χ4n) is 2.07. The molecule has 0 aliphatic rings. The van der Waals surface area contributed by atoms with Gasteiger partial charge in [0.05, 0.1) is 13.2 Å². The van der Waals surface area contributed by atoms with Crippen LogP contribution in [-0.4, -0.2) is 19.1 Å². The Morgan fingerprint density at radius 2 is 1.83 bits per heavy atom. The maximum Gasteiger partial charge on any atom is 0.243 e. The van der Waals surface area contributed by atoms with Gasteiger partial charge >= 0.3 is 0 Å². The molecule has 0 aliphatic heterocycles. The van der Waals surface area contributed by atoms with Crippen molar-refractivity contribution in [3.8, 4) is 5.75 Å². The number of carbonyl (C=O) groups excluding carboxylic acids is 1. The first-order chi connectivity index (χ1) is 11.0. The van der Waals surface area contributed by atoms with Gasteiger partial charge in [-0.2, -0.15) is 0 Å². The lowest BCUT2D eigenvalue weighted by molar-refractivity contribution is -0.114. The number of hydrogen-bond acceptors (Lipinski definition) is 3. The van der Waals surface area contributed by atoms with E-state index in [1.807, 2.05) is 55.5 Å². The van der Waals surface area contributed by atoms with Crippen LogP contribution >= 0.6 is 0 Å². The number of aryl methyl sites for hydroxylation is 1. The van der Waals surface area contributed by atoms with E-state index in [0.717, 1.165) is 22.7 Å². The largest absolute Gasteiger partial charge is 0.493 e. The first-order valence-corrected chi connectivity index (χ1v) is 7.86. The van der Waals surface area contributed by atoms with Gasteiger partial charge in [0.15, 0.2) is 0 Å². The second kappa shape index (κ2) is 8.22. The molecule has 1 amide bonds. The molecule has 4 heteroatoms. The Kier molecular flexibility index (Phi) is 6.03. The minimum Gasteiger partial charge on any atom is -0.493 e. The third-order valence-corrected chi connectivity index (χ3v) is 3.17. The molecule has 0 spiro atoms. The fourth-order valence-corrected chi connectivity index (χ4v) is 2.07. The number of benzene rings is 2. The molecule has 0 bridgehead atoms. The van der Waals surface area contributed by atoms with E-state index < -0.39 is 0 Å². The molecular weight excluding hydrogens is 288 g/mol. The molecule has 0 unspecified atom stereocenters. The molecule has 23 heavy (non-hydrogen) atoms. The molecule has 0 heterocycles. The number of ether oxygens (including phenoxy) is 1. The average molecular weight is 312 g/mol. The van der Waals surface area contributed by atoms with Crippen LogP contribution in [0.3, 0.4) is 0 Å². The van der Waals surface area contributed by atoms with Gasteiger partial charge in [-0.3, -0.25) is 4.79 Å². The number of carbonyl (C=O) groups is 1. The fraction of sp³-hybridized carbons (Fsp3) is 0.316. The molecule has 0 fully saturated rings. The van der Waals surface area contributed by atoms with Gasteiger partial charge in [-0.25, -0.2) is 0 Å². The summed E-state index contributed by atoms with van der Waals surface area (Å²) in [6, 6.07) is 15.4. The van der Waals surface area contributed by atoms with Crippen molar-refractivity contribution in [3.05, 3.63) is 54.1 Å². The molecule has 0 saturated heterocycles. The quantitative estimate of drug-likeness (QED) is 0.810. The standard InChI is InChI=1S/C19H24N2O2/c1-14(2)13-23-18-9-5-8-17(11-18)21-19(22)12-20-16-7-4-6-15(3)10-16/h4-11,14,20H,12-13H2,1-3H3,(H,21,22). The molecule has 2 aromatic rings. The molecule has 0 aliphatic carbocycles. The summed E-state index contributed by atoms with van der Waals surface area (Å²) in [6.07, 6.45) is 0. The smallest absolute Gasteiger partial charge is 0.243 e. The van der Waals surface area contributed by atoms with Crippen molar-refractivity contribution < 1.29 is 9.53 Å². The number of nitrogens with one attached hydrogen (secondary N) is 2. The van der Waals surface area contributed by atoms with Crippen LogP contribution in [0.25, 0.3) is 0 Å². The van der Waals surface area contributed by atoms with Gasteiger partial charge in [0.25, 0.3) is 0 Å². The van der Waals surface area contributed by atoms with Crippen LogP contribution in [0.15, 0.2) is 48.5 Å². The minimum atomic E-state index is -0.0903. The van der Waals surface area contributed by atoms with Gasteiger partial charge in [-0.1, -0.05) is 32.0 Å². The van der Waals surface area contributed by atoms with Crippen LogP contribution < -0.4 is 15.4 Å². The number of hydrogen-bond donors (Lipinski definition) is 2. The van der Waals surface area contributed by atoms with Crippen LogP contribution in [0.2, 0.25) is 0 Å². The maximum atomic E-state index is 12.0. The highest BCUT2D eigenvalue weighted by molar-refractivity contribution is 5.93. The van der Waals surface area contributed by atoms with E-state index in [2.05, 4.69) is 24.5 Å². The Morgan fingerprint density at radius 1 is 1.09 bits per heavy atom. The Bertz CT molecular complexity index is 653. The van der Waals surface area contributed by atoms with Crippen LogP contribution in [0.1, 0.15) is 19.4 Å². The summed E-state index contributed by atoms with van der Waals surface area (Å²) in [5, 5.41) is 5.99. The van der Waals surface area contributed by atoms with Gasteiger partial charge in [0.2, 0.25) is 5.91 Å². The van der Waals surface area contributed by atoms with E-state index in [-0.39, 0.29) is 12.5 Å². The Morgan fingerprint density at radius 3 is 2.57 bits per heavy atom. The molecule has 0 radical (unpaired) electrons. The van der Waals surface area contributed by atoms with Crippen LogP contribution in [0.5, 0.6) is 5.75 Å². The predicted molar refractivity (Wildman–Crippen MR) is 95.1 cm³/mol. The zero-order valence-electron chi connectivity index (χ0n) is 13.9. The van der Waals surface area contributed by atoms with Gasteiger partial charge in [-0.15, -0.1) is 0 Å².